The fourth-order valence-corrected chi connectivity index (χ4v) is 10.1. The first-order valence-electron chi connectivity index (χ1n) is 16.9. The van der Waals surface area contributed by atoms with Crippen LogP contribution in [0.15, 0.2) is 45.7 Å². The van der Waals surface area contributed by atoms with Gasteiger partial charge in [0.25, 0.3) is 5.89 Å². The van der Waals surface area contributed by atoms with Gasteiger partial charge in [-0.3, -0.25) is 14.3 Å². The summed E-state index contributed by atoms with van der Waals surface area (Å²) in [6, 6.07) is 10.6. The maximum Gasteiger partial charge on any atom is 0.307 e. The lowest BCUT2D eigenvalue weighted by Gasteiger charge is -2.52. The van der Waals surface area contributed by atoms with Crippen LogP contribution in [-0.2, 0) is 31.3 Å². The second-order valence-corrected chi connectivity index (χ2v) is 18.6. The van der Waals surface area contributed by atoms with Gasteiger partial charge in [-0.1, -0.05) is 56.4 Å². The average Bonchev–Trinajstić information content (AvgIpc) is 3.43. The Bertz CT molecular complexity index is 1930. The number of nitrogens with one attached hydrogen (secondary N) is 3. The minimum Gasteiger partial charge on any atom is -0.432 e. The van der Waals surface area contributed by atoms with Gasteiger partial charge in [0.05, 0.1) is 22.3 Å². The monoisotopic (exact) mass is 698 g/mol. The van der Waals surface area contributed by atoms with Gasteiger partial charge in [-0.2, -0.15) is 0 Å². The third-order valence-corrected chi connectivity index (χ3v) is 12.7. The number of amides is 2. The van der Waals surface area contributed by atoms with Gasteiger partial charge in [0.2, 0.25) is 26.0 Å². The summed E-state index contributed by atoms with van der Waals surface area (Å²) < 4.78 is 61.6. The van der Waals surface area contributed by atoms with Crippen LogP contribution in [-0.4, -0.2) is 51.0 Å². The number of aromatic nitrogens is 1. The second-order valence-electron chi connectivity index (χ2n) is 15.2. The van der Waals surface area contributed by atoms with Crippen LogP contribution in [0.3, 0.4) is 0 Å². The van der Waals surface area contributed by atoms with Crippen LogP contribution in [0, 0.1) is 11.3 Å². The smallest absolute Gasteiger partial charge is 0.307 e. The van der Waals surface area contributed by atoms with Crippen molar-refractivity contribution in [2.45, 2.75) is 114 Å². The molecule has 2 amide bonds. The molecule has 4 fully saturated rings. The molecule has 1 aromatic heterocycles. The third-order valence-electron chi connectivity index (χ3n) is 10.3. The van der Waals surface area contributed by atoms with E-state index in [9.17, 15) is 26.4 Å². The molecule has 0 radical (unpaired) electrons. The molecule has 13 heteroatoms. The number of fused-ring (bicyclic) bond motifs is 4. The zero-order chi connectivity index (χ0) is 34.5. The Morgan fingerprint density at radius 2 is 1.52 bits per heavy atom. The Labute approximate surface area is 283 Å². The van der Waals surface area contributed by atoms with Crippen molar-refractivity contribution in [3.8, 4) is 11.3 Å². The van der Waals surface area contributed by atoms with Crippen LogP contribution < -0.4 is 14.8 Å². The topological polar surface area (TPSA) is 165 Å². The number of rotatable bonds is 9. The number of oxazole rings is 1. The molecule has 4 aliphatic rings. The summed E-state index contributed by atoms with van der Waals surface area (Å²) in [7, 11) is -7.50. The Hall–Kier alpha value is -3.29. The maximum atomic E-state index is 13.9. The number of nitrogens with zero attached hydrogens (tertiary/aromatic N) is 1. The third kappa shape index (κ3) is 7.18. The summed E-state index contributed by atoms with van der Waals surface area (Å²) in [6.07, 6.45) is 10.3. The molecule has 11 nitrogen and oxygen atoms in total. The van der Waals surface area contributed by atoms with E-state index in [0.717, 1.165) is 31.9 Å². The largest absolute Gasteiger partial charge is 0.432 e. The molecule has 260 valence electrons. The van der Waals surface area contributed by atoms with Gasteiger partial charge >= 0.3 is 5.91 Å². The average molecular weight is 699 g/mol. The van der Waals surface area contributed by atoms with Gasteiger partial charge in [-0.15, -0.1) is 0 Å². The second kappa shape index (κ2) is 12.5. The summed E-state index contributed by atoms with van der Waals surface area (Å²) >= 11 is 0. The van der Waals surface area contributed by atoms with Crippen molar-refractivity contribution in [3.05, 3.63) is 48.0 Å². The van der Waals surface area contributed by atoms with Crippen LogP contribution in [0.2, 0.25) is 0 Å². The Balaban J connectivity index is 1.32. The molecular weight excluding hydrogens is 653 g/mol. The molecule has 0 saturated heterocycles. The van der Waals surface area contributed by atoms with E-state index in [1.165, 1.54) is 6.42 Å². The van der Waals surface area contributed by atoms with E-state index in [1.54, 1.807) is 45.0 Å². The van der Waals surface area contributed by atoms with Gasteiger partial charge in [0.1, 0.15) is 0 Å². The maximum absolute atomic E-state index is 13.9. The number of carbonyl (C=O) groups excluding carboxylic acids is 2. The SMILES string of the molecule is CC(C)(C)NS(=O)(=O)c1ccc(-c2oc(C(=O)NC34CCC(C(=O)NS(C)(=O)=O)(CC3)CC4)nc2CC2CCCCC2)c2ccccc12. The highest BCUT2D eigenvalue weighted by Gasteiger charge is 2.53. The zero-order valence-corrected chi connectivity index (χ0v) is 29.8. The predicted molar refractivity (Wildman–Crippen MR) is 183 cm³/mol. The highest BCUT2D eigenvalue weighted by Crippen LogP contribution is 2.52. The predicted octanol–water partition coefficient (Wildman–Crippen LogP) is 5.59. The quantitative estimate of drug-likeness (QED) is 0.260. The van der Waals surface area contributed by atoms with Crippen molar-refractivity contribution in [3.63, 3.8) is 0 Å². The molecule has 4 saturated carbocycles. The van der Waals surface area contributed by atoms with Crippen molar-refractivity contribution in [2.24, 2.45) is 11.3 Å². The Morgan fingerprint density at radius 1 is 0.896 bits per heavy atom. The van der Waals surface area contributed by atoms with Gasteiger partial charge in [0.15, 0.2) is 5.76 Å². The van der Waals surface area contributed by atoms with Crippen LogP contribution in [0.5, 0.6) is 0 Å². The first-order chi connectivity index (χ1) is 22.5. The van der Waals surface area contributed by atoms with Crippen LogP contribution in [0.4, 0.5) is 0 Å². The van der Waals surface area contributed by atoms with Gasteiger partial charge in [-0.05, 0) is 89.2 Å². The molecule has 0 spiro atoms. The number of carbonyl (C=O) groups is 2. The summed E-state index contributed by atoms with van der Waals surface area (Å²) in [4.78, 5) is 31.7. The Morgan fingerprint density at radius 3 is 2.12 bits per heavy atom. The van der Waals surface area contributed by atoms with Crippen molar-refractivity contribution in [2.75, 3.05) is 6.26 Å². The minimum absolute atomic E-state index is 0.0439. The van der Waals surface area contributed by atoms with Crippen LogP contribution in [0.1, 0.15) is 108 Å². The van der Waals surface area contributed by atoms with Gasteiger partial charge < -0.3 is 9.73 Å². The summed E-state index contributed by atoms with van der Waals surface area (Å²) in [5, 5.41) is 4.42. The molecule has 4 aliphatic carbocycles. The van der Waals surface area contributed by atoms with Crippen LogP contribution in [0.25, 0.3) is 22.1 Å². The Kier molecular flexibility index (Phi) is 9.04. The number of hydrogen-bond donors (Lipinski definition) is 3. The van der Waals surface area contributed by atoms with Gasteiger partial charge in [-0.25, -0.2) is 26.5 Å². The molecule has 2 bridgehead atoms. The van der Waals surface area contributed by atoms with Crippen molar-refractivity contribution in [1.82, 2.24) is 19.7 Å². The minimum atomic E-state index is -3.84. The summed E-state index contributed by atoms with van der Waals surface area (Å²) in [6.45, 7) is 5.39. The van der Waals surface area contributed by atoms with Crippen molar-refractivity contribution < 1.29 is 30.8 Å². The van der Waals surface area contributed by atoms with Crippen molar-refractivity contribution >= 4 is 42.6 Å². The van der Waals surface area contributed by atoms with E-state index in [2.05, 4.69) is 14.8 Å². The molecule has 0 atom stereocenters. The van der Waals surface area contributed by atoms with E-state index in [4.69, 9.17) is 9.40 Å². The fourth-order valence-electron chi connectivity index (χ4n) is 7.91. The molecule has 7 rings (SSSR count). The fraction of sp³-hybridized carbons (Fsp3) is 0.571. The van der Waals surface area contributed by atoms with Crippen molar-refractivity contribution in [1.29, 1.82) is 0 Å². The lowest BCUT2D eigenvalue weighted by molar-refractivity contribution is -0.136. The van der Waals surface area contributed by atoms with E-state index in [-0.39, 0.29) is 10.8 Å². The standard InChI is InChI=1S/C35H46N4O7S2/c1-33(2,3)39-48(44,45)28-15-14-26(24-12-8-9-13-25(24)28)29-27(22-23-10-6-5-7-11-23)36-31(46-29)30(40)37-35-19-16-34(17-20-35,18-21-35)32(41)38-47(4,42)43/h8-9,12-15,23,39H,5-7,10-11,16-22H2,1-4H3,(H,37,40)(H,38,41). The molecular formula is C35H46N4O7S2. The number of hydrogen-bond acceptors (Lipinski definition) is 8. The molecule has 48 heavy (non-hydrogen) atoms. The molecule has 2 aromatic carbocycles. The highest BCUT2D eigenvalue weighted by atomic mass is 32.2. The lowest BCUT2D eigenvalue weighted by atomic mass is 9.57. The molecule has 1 heterocycles. The summed E-state index contributed by atoms with van der Waals surface area (Å²) in [5.74, 6) is -0.0658. The van der Waals surface area contributed by atoms with E-state index >= 15 is 0 Å². The lowest BCUT2D eigenvalue weighted by Crippen LogP contribution is -2.60. The molecule has 3 N–H and O–H groups in total. The van der Waals surface area contributed by atoms with Crippen LogP contribution >= 0.6 is 0 Å². The van der Waals surface area contributed by atoms with Gasteiger partial charge in [0, 0.05) is 22.0 Å². The normalized spacial score (nSPS) is 23.7. The first kappa shape index (κ1) is 34.6. The molecule has 0 unspecified atom stereocenters. The van der Waals surface area contributed by atoms with E-state index in [0.29, 0.717) is 78.7 Å². The van der Waals surface area contributed by atoms with E-state index < -0.39 is 48.4 Å². The molecule has 3 aromatic rings. The number of benzene rings is 2. The number of sulfonamides is 2. The first-order valence-corrected chi connectivity index (χ1v) is 20.3. The highest BCUT2D eigenvalue weighted by molar-refractivity contribution is 7.90. The van der Waals surface area contributed by atoms with E-state index in [1.807, 2.05) is 12.1 Å². The summed E-state index contributed by atoms with van der Waals surface area (Å²) in [5.41, 5.74) is -0.596. The zero-order valence-electron chi connectivity index (χ0n) is 28.1. The molecule has 0 aliphatic heterocycles.